The second kappa shape index (κ2) is 3.93. The average Bonchev–Trinajstić information content (AvgIpc) is 2.93. The fourth-order valence-electron chi connectivity index (χ4n) is 6.87. The molecule has 4 rings (SSSR count). The van der Waals surface area contributed by atoms with E-state index < -0.39 is 0 Å². The van der Waals surface area contributed by atoms with Crippen molar-refractivity contribution in [1.29, 1.82) is 0 Å². The van der Waals surface area contributed by atoms with Crippen LogP contribution in [0.5, 0.6) is 0 Å². The van der Waals surface area contributed by atoms with Crippen LogP contribution in [0.4, 0.5) is 0 Å². The van der Waals surface area contributed by atoms with Crippen LogP contribution in [0.15, 0.2) is 36.0 Å². The third-order valence-corrected chi connectivity index (χ3v) is 7.73. The van der Waals surface area contributed by atoms with Crippen molar-refractivity contribution in [2.24, 2.45) is 34.0 Å². The number of hydrogen-bond donors (Lipinski definition) is 1. The molecule has 2 saturated carbocycles. The minimum Gasteiger partial charge on any atom is -0.396 e. The molecule has 1 heteroatoms. The number of rotatable bonds is 2. The SMILES string of the molecule is C=C1C=C2C(CCO)CCC3CC=CC4(C1C4(C)C)C23C. The van der Waals surface area contributed by atoms with E-state index in [-0.39, 0.29) is 10.8 Å². The lowest BCUT2D eigenvalue weighted by atomic mass is 9.48. The monoisotopic (exact) mass is 284 g/mol. The molecule has 0 aromatic carbocycles. The Kier molecular flexibility index (Phi) is 2.58. The molecule has 4 aliphatic carbocycles. The minimum absolute atomic E-state index is 0.287. The number of allylic oxidation sites excluding steroid dienone is 5. The van der Waals surface area contributed by atoms with Gasteiger partial charge >= 0.3 is 0 Å². The predicted molar refractivity (Wildman–Crippen MR) is 86.7 cm³/mol. The molecule has 21 heavy (non-hydrogen) atoms. The zero-order valence-electron chi connectivity index (χ0n) is 13.7. The summed E-state index contributed by atoms with van der Waals surface area (Å²) < 4.78 is 0. The molecule has 0 amide bonds. The molecule has 0 bridgehead atoms. The Hall–Kier alpha value is -0.820. The second-order valence-electron chi connectivity index (χ2n) is 8.52. The van der Waals surface area contributed by atoms with Gasteiger partial charge in [-0.25, -0.2) is 0 Å². The smallest absolute Gasteiger partial charge is 0.0436 e. The summed E-state index contributed by atoms with van der Waals surface area (Å²) in [5, 5.41) is 9.48. The summed E-state index contributed by atoms with van der Waals surface area (Å²) in [6, 6.07) is 0. The van der Waals surface area contributed by atoms with Crippen LogP contribution in [0.1, 0.15) is 46.5 Å². The molecule has 1 spiro atoms. The molecule has 1 nitrogen and oxygen atoms in total. The maximum Gasteiger partial charge on any atom is 0.0436 e. The summed E-state index contributed by atoms with van der Waals surface area (Å²) in [5.41, 5.74) is 3.85. The van der Waals surface area contributed by atoms with Crippen molar-refractivity contribution in [2.45, 2.75) is 46.5 Å². The lowest BCUT2D eigenvalue weighted by Gasteiger charge is -2.56. The van der Waals surface area contributed by atoms with Crippen molar-refractivity contribution in [3.8, 4) is 0 Å². The molecule has 5 atom stereocenters. The maximum atomic E-state index is 9.48. The van der Waals surface area contributed by atoms with Crippen molar-refractivity contribution < 1.29 is 5.11 Å². The van der Waals surface area contributed by atoms with Crippen LogP contribution in [0, 0.1) is 34.0 Å². The van der Waals surface area contributed by atoms with Crippen molar-refractivity contribution in [1.82, 2.24) is 0 Å². The molecule has 114 valence electrons. The van der Waals surface area contributed by atoms with Crippen LogP contribution < -0.4 is 0 Å². The van der Waals surface area contributed by atoms with Gasteiger partial charge in [0.1, 0.15) is 0 Å². The van der Waals surface area contributed by atoms with Gasteiger partial charge < -0.3 is 5.11 Å². The van der Waals surface area contributed by atoms with Gasteiger partial charge in [0.25, 0.3) is 0 Å². The zero-order valence-corrected chi connectivity index (χ0v) is 13.7. The van der Waals surface area contributed by atoms with Crippen LogP contribution in [0.3, 0.4) is 0 Å². The van der Waals surface area contributed by atoms with Crippen LogP contribution in [-0.4, -0.2) is 11.7 Å². The Labute approximate surface area is 128 Å². The normalized spacial score (nSPS) is 49.2. The fraction of sp³-hybridized carbons (Fsp3) is 0.700. The van der Waals surface area contributed by atoms with Crippen molar-refractivity contribution >= 4 is 0 Å². The maximum absolute atomic E-state index is 9.48. The zero-order chi connectivity index (χ0) is 15.0. The molecular formula is C20H28O. The van der Waals surface area contributed by atoms with Crippen LogP contribution >= 0.6 is 0 Å². The van der Waals surface area contributed by atoms with E-state index in [0.29, 0.717) is 23.9 Å². The van der Waals surface area contributed by atoms with E-state index >= 15 is 0 Å². The van der Waals surface area contributed by atoms with Gasteiger partial charge in [-0.1, -0.05) is 56.7 Å². The number of hydrogen-bond acceptors (Lipinski definition) is 1. The van der Waals surface area contributed by atoms with Crippen LogP contribution in [-0.2, 0) is 0 Å². The van der Waals surface area contributed by atoms with Crippen LogP contribution in [0.25, 0.3) is 0 Å². The van der Waals surface area contributed by atoms with E-state index in [4.69, 9.17) is 0 Å². The van der Waals surface area contributed by atoms with Gasteiger partial charge in [0, 0.05) is 17.4 Å². The highest BCUT2D eigenvalue weighted by Gasteiger charge is 2.80. The summed E-state index contributed by atoms with van der Waals surface area (Å²) in [6.07, 6.45) is 12.2. The van der Waals surface area contributed by atoms with Gasteiger partial charge in [-0.05, 0) is 48.9 Å². The highest BCUT2D eigenvalue weighted by atomic mass is 16.3. The summed E-state index contributed by atoms with van der Waals surface area (Å²) in [4.78, 5) is 0. The van der Waals surface area contributed by atoms with Crippen LogP contribution in [0.2, 0.25) is 0 Å². The van der Waals surface area contributed by atoms with Crippen molar-refractivity contribution in [3.63, 3.8) is 0 Å². The van der Waals surface area contributed by atoms with Gasteiger partial charge in [0.2, 0.25) is 0 Å². The Morgan fingerprint density at radius 3 is 2.76 bits per heavy atom. The first-order valence-corrected chi connectivity index (χ1v) is 8.60. The molecule has 0 heterocycles. The largest absolute Gasteiger partial charge is 0.396 e. The average molecular weight is 284 g/mol. The molecule has 2 fully saturated rings. The highest BCUT2D eigenvalue weighted by Crippen LogP contribution is 2.86. The molecule has 1 N–H and O–H groups in total. The summed E-state index contributed by atoms with van der Waals surface area (Å²) >= 11 is 0. The summed E-state index contributed by atoms with van der Waals surface area (Å²) in [7, 11) is 0. The van der Waals surface area contributed by atoms with Gasteiger partial charge in [0.05, 0.1) is 0 Å². The van der Waals surface area contributed by atoms with E-state index in [0.717, 1.165) is 12.3 Å². The van der Waals surface area contributed by atoms with E-state index in [1.807, 2.05) is 0 Å². The van der Waals surface area contributed by atoms with E-state index in [2.05, 4.69) is 45.6 Å². The molecule has 0 aromatic heterocycles. The van der Waals surface area contributed by atoms with Crippen molar-refractivity contribution in [2.75, 3.05) is 6.61 Å². The Morgan fingerprint density at radius 2 is 2.05 bits per heavy atom. The highest BCUT2D eigenvalue weighted by molar-refractivity contribution is 5.54. The first kappa shape index (κ1) is 13.8. The lowest BCUT2D eigenvalue weighted by molar-refractivity contribution is 0.0487. The summed E-state index contributed by atoms with van der Waals surface area (Å²) in [6.45, 7) is 12.1. The Balaban J connectivity index is 1.91. The number of aliphatic hydroxyl groups excluding tert-OH is 1. The second-order valence-corrected chi connectivity index (χ2v) is 8.52. The lowest BCUT2D eigenvalue weighted by Crippen LogP contribution is -2.48. The molecule has 0 aliphatic heterocycles. The topological polar surface area (TPSA) is 20.2 Å². The third-order valence-electron chi connectivity index (χ3n) is 7.73. The van der Waals surface area contributed by atoms with E-state index in [9.17, 15) is 5.11 Å². The standard InChI is InChI=1S/C20H28O/c1-13-12-16-14(9-11-21)7-8-15-6-5-10-20(19(15,16)4)17(13)18(20,2)3/h5,10,12,14-15,17,21H,1,6-9,11H2,2-4H3. The summed E-state index contributed by atoms with van der Waals surface area (Å²) in [5.74, 6) is 1.96. The van der Waals surface area contributed by atoms with Crippen molar-refractivity contribution in [3.05, 3.63) is 36.0 Å². The first-order chi connectivity index (χ1) is 9.91. The van der Waals surface area contributed by atoms with Gasteiger partial charge in [-0.15, -0.1) is 0 Å². The minimum atomic E-state index is 0.287. The fourth-order valence-corrected chi connectivity index (χ4v) is 6.87. The van der Waals surface area contributed by atoms with Gasteiger partial charge in [-0.2, -0.15) is 0 Å². The first-order valence-electron chi connectivity index (χ1n) is 8.60. The molecule has 0 radical (unpaired) electrons. The molecule has 0 saturated heterocycles. The van der Waals surface area contributed by atoms with E-state index in [1.54, 1.807) is 5.57 Å². The molecule has 5 unspecified atom stereocenters. The Bertz CT molecular complexity index is 566. The van der Waals surface area contributed by atoms with Gasteiger partial charge in [0.15, 0.2) is 0 Å². The van der Waals surface area contributed by atoms with E-state index in [1.165, 1.54) is 24.8 Å². The number of aliphatic hydroxyl groups is 1. The third kappa shape index (κ3) is 1.29. The Morgan fingerprint density at radius 1 is 1.29 bits per heavy atom. The molecule has 4 aliphatic rings. The quantitative estimate of drug-likeness (QED) is 0.740. The molecule has 0 aromatic rings. The van der Waals surface area contributed by atoms with Gasteiger partial charge in [-0.3, -0.25) is 0 Å². The predicted octanol–water partition coefficient (Wildman–Crippen LogP) is 4.50. The molecular weight excluding hydrogens is 256 g/mol.